The summed E-state index contributed by atoms with van der Waals surface area (Å²) < 4.78 is 0. The van der Waals surface area contributed by atoms with Crippen molar-refractivity contribution in [3.8, 4) is 0 Å². The van der Waals surface area contributed by atoms with Crippen molar-refractivity contribution in [2.75, 3.05) is 0 Å². The molecule has 2 N–H and O–H groups in total. The van der Waals surface area contributed by atoms with Crippen LogP contribution in [0.25, 0.3) is 0 Å². The maximum atomic E-state index is 11.3. The molecule has 1 aromatic rings. The zero-order valence-corrected chi connectivity index (χ0v) is 11.7. The number of carbonyl (C=O) groups is 1. The van der Waals surface area contributed by atoms with E-state index >= 15 is 0 Å². The standard InChI is InChI=1S/C16H22N2O2/c19-15(20)6-14(13-7-17-18-8-13)16-11-2-9-1-10(4-11)5-12(16)3-9/h7-12,14,16H,1-6H2,(H,17,18)(H,19,20). The first-order valence-electron chi connectivity index (χ1n) is 7.91. The number of aromatic nitrogens is 2. The number of hydrogen-bond acceptors (Lipinski definition) is 2. The second-order valence-electron chi connectivity index (χ2n) is 7.24. The summed E-state index contributed by atoms with van der Waals surface area (Å²) in [4.78, 5) is 11.3. The van der Waals surface area contributed by atoms with Gasteiger partial charge in [0.15, 0.2) is 0 Å². The van der Waals surface area contributed by atoms with Crippen molar-refractivity contribution in [3.05, 3.63) is 18.0 Å². The van der Waals surface area contributed by atoms with Crippen molar-refractivity contribution in [1.82, 2.24) is 10.2 Å². The van der Waals surface area contributed by atoms with Crippen LogP contribution in [0.1, 0.15) is 50.0 Å². The summed E-state index contributed by atoms with van der Waals surface area (Å²) in [5, 5.41) is 16.2. The third-order valence-corrected chi connectivity index (χ3v) is 6.11. The minimum absolute atomic E-state index is 0.154. The summed E-state index contributed by atoms with van der Waals surface area (Å²) in [5.41, 5.74) is 1.10. The average Bonchev–Trinajstić information content (AvgIpc) is 2.89. The van der Waals surface area contributed by atoms with Crippen LogP contribution in [0.15, 0.2) is 12.4 Å². The first-order chi connectivity index (χ1) is 9.70. The second-order valence-corrected chi connectivity index (χ2v) is 7.24. The summed E-state index contributed by atoms with van der Waals surface area (Å²) in [6.45, 7) is 0. The van der Waals surface area contributed by atoms with E-state index in [0.29, 0.717) is 5.92 Å². The van der Waals surface area contributed by atoms with Crippen LogP contribution in [0.2, 0.25) is 0 Å². The monoisotopic (exact) mass is 274 g/mol. The smallest absolute Gasteiger partial charge is 0.303 e. The van der Waals surface area contributed by atoms with Crippen molar-refractivity contribution in [1.29, 1.82) is 0 Å². The highest BCUT2D eigenvalue weighted by atomic mass is 16.4. The predicted molar refractivity (Wildman–Crippen MR) is 74.1 cm³/mol. The molecule has 4 saturated carbocycles. The summed E-state index contributed by atoms with van der Waals surface area (Å²) in [6, 6.07) is 0. The van der Waals surface area contributed by atoms with E-state index in [9.17, 15) is 9.90 Å². The molecule has 1 atom stereocenters. The fourth-order valence-corrected chi connectivity index (χ4v) is 5.75. The van der Waals surface area contributed by atoms with E-state index < -0.39 is 5.97 Å². The molecular weight excluding hydrogens is 252 g/mol. The average molecular weight is 274 g/mol. The molecule has 4 bridgehead atoms. The minimum atomic E-state index is -0.676. The fourth-order valence-electron chi connectivity index (χ4n) is 5.75. The highest BCUT2D eigenvalue weighted by molar-refractivity contribution is 5.68. The molecule has 0 spiro atoms. The van der Waals surface area contributed by atoms with Crippen LogP contribution in [0.5, 0.6) is 0 Å². The van der Waals surface area contributed by atoms with E-state index in [1.54, 1.807) is 0 Å². The number of aliphatic carboxylic acids is 1. The van der Waals surface area contributed by atoms with Gasteiger partial charge in [-0.2, -0.15) is 5.10 Å². The van der Waals surface area contributed by atoms with Gasteiger partial charge in [-0.1, -0.05) is 0 Å². The number of aromatic amines is 1. The second kappa shape index (κ2) is 4.61. The minimum Gasteiger partial charge on any atom is -0.481 e. The maximum absolute atomic E-state index is 11.3. The molecule has 4 fully saturated rings. The molecular formula is C16H22N2O2. The summed E-state index contributed by atoms with van der Waals surface area (Å²) in [7, 11) is 0. The van der Waals surface area contributed by atoms with E-state index in [4.69, 9.17) is 0 Å². The topological polar surface area (TPSA) is 66.0 Å². The number of nitrogens with one attached hydrogen (secondary N) is 1. The third-order valence-electron chi connectivity index (χ3n) is 6.11. The van der Waals surface area contributed by atoms with Crippen LogP contribution in [0.4, 0.5) is 0 Å². The molecule has 0 saturated heterocycles. The number of hydrogen-bond donors (Lipinski definition) is 2. The van der Waals surface area contributed by atoms with Gasteiger partial charge in [-0.25, -0.2) is 0 Å². The maximum Gasteiger partial charge on any atom is 0.303 e. The van der Waals surface area contributed by atoms with Gasteiger partial charge in [-0.15, -0.1) is 0 Å². The molecule has 4 aliphatic rings. The van der Waals surface area contributed by atoms with Crippen molar-refractivity contribution < 1.29 is 9.90 Å². The van der Waals surface area contributed by atoms with Gasteiger partial charge >= 0.3 is 5.97 Å². The predicted octanol–water partition coefficient (Wildman–Crippen LogP) is 3.04. The Labute approximate surface area is 119 Å². The first kappa shape index (κ1) is 12.4. The van der Waals surface area contributed by atoms with Gasteiger partial charge in [-0.05, 0) is 67.3 Å². The number of H-pyrrole nitrogens is 1. The molecule has 1 heterocycles. The van der Waals surface area contributed by atoms with Gasteiger partial charge in [0.2, 0.25) is 0 Å². The Balaban J connectivity index is 1.64. The third kappa shape index (κ3) is 1.97. The van der Waals surface area contributed by atoms with E-state index in [0.717, 1.165) is 29.2 Å². The Morgan fingerprint density at radius 3 is 2.40 bits per heavy atom. The Kier molecular flexibility index (Phi) is 2.86. The van der Waals surface area contributed by atoms with Gasteiger partial charge in [0.25, 0.3) is 0 Å². The van der Waals surface area contributed by atoms with Crippen molar-refractivity contribution in [2.45, 2.75) is 44.4 Å². The Morgan fingerprint density at radius 2 is 1.90 bits per heavy atom. The normalized spacial score (nSPS) is 39.9. The van der Waals surface area contributed by atoms with E-state index in [-0.39, 0.29) is 12.3 Å². The quantitative estimate of drug-likeness (QED) is 0.887. The van der Waals surface area contributed by atoms with E-state index in [1.165, 1.54) is 32.1 Å². The Bertz CT molecular complexity index is 469. The molecule has 1 unspecified atom stereocenters. The highest BCUT2D eigenvalue weighted by Crippen LogP contribution is 2.60. The zero-order valence-electron chi connectivity index (χ0n) is 11.7. The van der Waals surface area contributed by atoms with Crippen molar-refractivity contribution >= 4 is 5.97 Å². The van der Waals surface area contributed by atoms with Gasteiger partial charge in [0, 0.05) is 12.1 Å². The molecule has 0 aliphatic heterocycles. The van der Waals surface area contributed by atoms with Gasteiger partial charge < -0.3 is 5.11 Å². The van der Waals surface area contributed by atoms with Crippen LogP contribution in [-0.2, 0) is 4.79 Å². The summed E-state index contributed by atoms with van der Waals surface area (Å²) in [6.07, 6.45) is 10.8. The van der Waals surface area contributed by atoms with Crippen LogP contribution in [-0.4, -0.2) is 21.3 Å². The molecule has 4 heteroatoms. The SMILES string of the molecule is O=C(O)CC(c1cn[nH]c1)C1C2CC3CC(C2)CC1C3. The Hall–Kier alpha value is -1.32. The van der Waals surface area contributed by atoms with Crippen molar-refractivity contribution in [3.63, 3.8) is 0 Å². The van der Waals surface area contributed by atoms with Crippen molar-refractivity contribution in [2.24, 2.45) is 29.6 Å². The molecule has 0 radical (unpaired) electrons. The zero-order chi connectivity index (χ0) is 13.7. The van der Waals surface area contributed by atoms with E-state index in [2.05, 4.69) is 10.2 Å². The number of carboxylic acids is 1. The molecule has 5 rings (SSSR count). The first-order valence-corrected chi connectivity index (χ1v) is 7.91. The fraction of sp³-hybridized carbons (Fsp3) is 0.750. The largest absolute Gasteiger partial charge is 0.481 e. The lowest BCUT2D eigenvalue weighted by atomic mass is 9.49. The number of carboxylic acid groups (broad SMARTS) is 1. The lowest BCUT2D eigenvalue weighted by Gasteiger charge is -2.56. The summed E-state index contributed by atoms with van der Waals surface area (Å²) in [5.74, 6) is 3.42. The molecule has 1 aromatic heterocycles. The highest BCUT2D eigenvalue weighted by Gasteiger charge is 2.51. The van der Waals surface area contributed by atoms with Crippen LogP contribution < -0.4 is 0 Å². The molecule has 4 aliphatic carbocycles. The van der Waals surface area contributed by atoms with Gasteiger partial charge in [0.1, 0.15) is 0 Å². The molecule has 108 valence electrons. The van der Waals surface area contributed by atoms with Crippen LogP contribution >= 0.6 is 0 Å². The molecule has 4 nitrogen and oxygen atoms in total. The lowest BCUT2D eigenvalue weighted by Crippen LogP contribution is -2.47. The van der Waals surface area contributed by atoms with Gasteiger partial charge in [-0.3, -0.25) is 9.89 Å². The Morgan fingerprint density at radius 1 is 1.25 bits per heavy atom. The molecule has 20 heavy (non-hydrogen) atoms. The number of nitrogens with zero attached hydrogens (tertiary/aromatic N) is 1. The van der Waals surface area contributed by atoms with Crippen LogP contribution in [0.3, 0.4) is 0 Å². The van der Waals surface area contributed by atoms with Gasteiger partial charge in [0.05, 0.1) is 12.6 Å². The van der Waals surface area contributed by atoms with E-state index in [1.807, 2.05) is 12.4 Å². The summed E-state index contributed by atoms with van der Waals surface area (Å²) >= 11 is 0. The molecule has 0 amide bonds. The number of rotatable bonds is 4. The molecule has 0 aromatic carbocycles. The lowest BCUT2D eigenvalue weighted by molar-refractivity contribution is -0.139. The van der Waals surface area contributed by atoms with Crippen LogP contribution in [0, 0.1) is 29.6 Å².